The number of carbonyl (C=O) groups excluding carboxylic acids is 2. The van der Waals surface area contributed by atoms with Crippen LogP contribution in [0.25, 0.3) is 6.08 Å². The van der Waals surface area contributed by atoms with E-state index in [1.807, 2.05) is 46.5 Å². The minimum Gasteiger partial charge on any atom is -0.319 e. The summed E-state index contributed by atoms with van der Waals surface area (Å²) in [5.41, 5.74) is 1.71. The lowest BCUT2D eigenvalue weighted by Gasteiger charge is -2.18. The van der Waals surface area contributed by atoms with Gasteiger partial charge in [0.2, 0.25) is 5.91 Å². The Morgan fingerprint density at radius 3 is 2.64 bits per heavy atom. The SMILES string of the molecule is CC(=O)N(c1nc(/C=C/C(=O)N=c2sccn2Cc2ccccc2)cs1)c1ccccc1F. The molecule has 0 saturated carbocycles. The number of hydrogen-bond donors (Lipinski definition) is 0. The summed E-state index contributed by atoms with van der Waals surface area (Å²) in [6.07, 6.45) is 4.74. The van der Waals surface area contributed by atoms with Crippen LogP contribution in [0.3, 0.4) is 0 Å². The molecule has 0 aliphatic heterocycles. The first-order valence-electron chi connectivity index (χ1n) is 9.96. The molecule has 2 amide bonds. The summed E-state index contributed by atoms with van der Waals surface area (Å²) in [6, 6.07) is 15.9. The number of para-hydroxylation sites is 1. The lowest BCUT2D eigenvalue weighted by Crippen LogP contribution is -2.23. The monoisotopic (exact) mass is 478 g/mol. The normalized spacial score (nSPS) is 11.8. The zero-order valence-electron chi connectivity index (χ0n) is 17.6. The number of thiazole rings is 2. The molecule has 33 heavy (non-hydrogen) atoms. The van der Waals surface area contributed by atoms with Crippen LogP contribution in [-0.4, -0.2) is 21.4 Å². The van der Waals surface area contributed by atoms with E-state index < -0.39 is 11.7 Å². The van der Waals surface area contributed by atoms with Crippen molar-refractivity contribution in [3.8, 4) is 0 Å². The highest BCUT2D eigenvalue weighted by Crippen LogP contribution is 2.30. The third-order valence-corrected chi connectivity index (χ3v) is 6.21. The summed E-state index contributed by atoms with van der Waals surface area (Å²) in [5.74, 6) is -1.31. The molecule has 0 aliphatic carbocycles. The molecule has 0 N–H and O–H groups in total. The van der Waals surface area contributed by atoms with Crippen LogP contribution in [0, 0.1) is 5.82 Å². The van der Waals surface area contributed by atoms with Gasteiger partial charge in [-0.2, -0.15) is 4.99 Å². The molecule has 9 heteroatoms. The number of hydrogen-bond acceptors (Lipinski definition) is 5. The quantitative estimate of drug-likeness (QED) is 0.366. The van der Waals surface area contributed by atoms with E-state index in [9.17, 15) is 14.0 Å². The molecule has 0 atom stereocenters. The number of benzene rings is 2. The zero-order chi connectivity index (χ0) is 23.2. The molecule has 2 aromatic carbocycles. The number of rotatable bonds is 6. The molecule has 0 bridgehead atoms. The van der Waals surface area contributed by atoms with Gasteiger partial charge in [-0.15, -0.1) is 22.7 Å². The molecule has 0 fully saturated rings. The summed E-state index contributed by atoms with van der Waals surface area (Å²) in [6.45, 7) is 1.96. The Morgan fingerprint density at radius 2 is 1.88 bits per heavy atom. The van der Waals surface area contributed by atoms with E-state index in [-0.39, 0.29) is 11.6 Å². The number of anilines is 2. The van der Waals surface area contributed by atoms with Crippen LogP contribution in [0.15, 0.2) is 82.6 Å². The van der Waals surface area contributed by atoms with Gasteiger partial charge in [0.1, 0.15) is 5.82 Å². The van der Waals surface area contributed by atoms with Crippen LogP contribution in [-0.2, 0) is 16.1 Å². The molecule has 4 aromatic rings. The highest BCUT2D eigenvalue weighted by Gasteiger charge is 2.20. The van der Waals surface area contributed by atoms with Crippen LogP contribution in [0.2, 0.25) is 0 Å². The van der Waals surface area contributed by atoms with Crippen molar-refractivity contribution in [2.45, 2.75) is 13.5 Å². The Hall–Kier alpha value is -3.69. The van der Waals surface area contributed by atoms with Gasteiger partial charge in [0, 0.05) is 36.5 Å². The Morgan fingerprint density at radius 1 is 1.12 bits per heavy atom. The Kier molecular flexibility index (Phi) is 7.01. The van der Waals surface area contributed by atoms with Gasteiger partial charge in [-0.3, -0.25) is 14.5 Å². The average molecular weight is 479 g/mol. The second kappa shape index (κ2) is 10.3. The average Bonchev–Trinajstić information content (AvgIpc) is 3.44. The molecule has 2 aromatic heterocycles. The van der Waals surface area contributed by atoms with E-state index in [4.69, 9.17) is 0 Å². The van der Waals surface area contributed by atoms with Crippen molar-refractivity contribution in [1.29, 1.82) is 0 Å². The van der Waals surface area contributed by atoms with Crippen molar-refractivity contribution in [3.63, 3.8) is 0 Å². The molecule has 0 radical (unpaired) electrons. The van der Waals surface area contributed by atoms with E-state index in [0.29, 0.717) is 22.2 Å². The van der Waals surface area contributed by atoms with E-state index in [1.54, 1.807) is 17.5 Å². The number of aromatic nitrogens is 2. The Balaban J connectivity index is 1.51. The Labute approximate surface area is 197 Å². The van der Waals surface area contributed by atoms with Gasteiger partial charge in [0.25, 0.3) is 5.91 Å². The van der Waals surface area contributed by atoms with Crippen molar-refractivity contribution in [2.75, 3.05) is 4.90 Å². The molecular weight excluding hydrogens is 459 g/mol. The first kappa shape index (κ1) is 22.5. The molecular formula is C24H19FN4O2S2. The first-order valence-corrected chi connectivity index (χ1v) is 11.7. The minimum absolute atomic E-state index is 0.127. The lowest BCUT2D eigenvalue weighted by molar-refractivity contribution is -0.116. The van der Waals surface area contributed by atoms with Crippen molar-refractivity contribution in [2.24, 2.45) is 4.99 Å². The summed E-state index contributed by atoms with van der Waals surface area (Å²) < 4.78 is 16.1. The zero-order valence-corrected chi connectivity index (χ0v) is 19.2. The van der Waals surface area contributed by atoms with Crippen molar-refractivity contribution >= 4 is 51.4 Å². The fraction of sp³-hybridized carbons (Fsp3) is 0.0833. The lowest BCUT2D eigenvalue weighted by atomic mass is 10.2. The third-order valence-electron chi connectivity index (χ3n) is 4.57. The maximum Gasteiger partial charge on any atom is 0.272 e. The van der Waals surface area contributed by atoms with Crippen molar-refractivity contribution < 1.29 is 14.0 Å². The first-order chi connectivity index (χ1) is 16.0. The van der Waals surface area contributed by atoms with Gasteiger partial charge in [-0.25, -0.2) is 9.37 Å². The molecule has 2 heterocycles. The van der Waals surface area contributed by atoms with E-state index in [0.717, 1.165) is 5.56 Å². The molecule has 6 nitrogen and oxygen atoms in total. The van der Waals surface area contributed by atoms with Crippen LogP contribution in [0.4, 0.5) is 15.2 Å². The summed E-state index contributed by atoms with van der Waals surface area (Å²) in [7, 11) is 0. The van der Waals surface area contributed by atoms with Gasteiger partial charge < -0.3 is 4.57 Å². The van der Waals surface area contributed by atoms with E-state index in [1.165, 1.54) is 58.8 Å². The topological polar surface area (TPSA) is 67.6 Å². The van der Waals surface area contributed by atoms with Gasteiger partial charge >= 0.3 is 0 Å². The van der Waals surface area contributed by atoms with Gasteiger partial charge in [-0.05, 0) is 23.8 Å². The van der Waals surface area contributed by atoms with Gasteiger partial charge in [-0.1, -0.05) is 42.5 Å². The molecule has 0 saturated heterocycles. The van der Waals surface area contributed by atoms with Crippen LogP contribution < -0.4 is 9.70 Å². The predicted molar refractivity (Wildman–Crippen MR) is 129 cm³/mol. The highest BCUT2D eigenvalue weighted by molar-refractivity contribution is 7.14. The number of halogens is 1. The molecule has 0 spiro atoms. The minimum atomic E-state index is -0.520. The second-order valence-corrected chi connectivity index (χ2v) is 8.65. The largest absolute Gasteiger partial charge is 0.319 e. The van der Waals surface area contributed by atoms with Gasteiger partial charge in [0.05, 0.1) is 11.4 Å². The number of nitrogens with zero attached hydrogens (tertiary/aromatic N) is 4. The number of amides is 2. The molecule has 0 unspecified atom stereocenters. The smallest absolute Gasteiger partial charge is 0.272 e. The highest BCUT2D eigenvalue weighted by atomic mass is 32.1. The Bertz CT molecular complexity index is 1370. The summed E-state index contributed by atoms with van der Waals surface area (Å²) >= 11 is 2.56. The molecule has 4 rings (SSSR count). The van der Waals surface area contributed by atoms with Crippen LogP contribution in [0.1, 0.15) is 18.2 Å². The summed E-state index contributed by atoms with van der Waals surface area (Å²) in [5, 5.41) is 3.89. The fourth-order valence-corrected chi connectivity index (χ4v) is 4.65. The van der Waals surface area contributed by atoms with Crippen molar-refractivity contribution in [1.82, 2.24) is 9.55 Å². The van der Waals surface area contributed by atoms with E-state index in [2.05, 4.69) is 9.98 Å². The van der Waals surface area contributed by atoms with Gasteiger partial charge in [0.15, 0.2) is 9.93 Å². The van der Waals surface area contributed by atoms with E-state index >= 15 is 0 Å². The van der Waals surface area contributed by atoms with Crippen molar-refractivity contribution in [3.05, 3.63) is 99.5 Å². The predicted octanol–water partition coefficient (Wildman–Crippen LogP) is 5.02. The maximum atomic E-state index is 14.2. The van der Waals surface area contributed by atoms with Crippen LogP contribution in [0.5, 0.6) is 0 Å². The fourth-order valence-electron chi connectivity index (χ4n) is 3.07. The maximum absolute atomic E-state index is 14.2. The second-order valence-electron chi connectivity index (χ2n) is 6.94. The number of carbonyl (C=O) groups is 2. The third kappa shape index (κ3) is 5.57. The molecule has 166 valence electrons. The summed E-state index contributed by atoms with van der Waals surface area (Å²) in [4.78, 5) is 34.9. The van der Waals surface area contributed by atoms with Crippen LogP contribution >= 0.6 is 22.7 Å². The standard InChI is InChI=1S/C24H19FN4O2S2/c1-17(30)29(21-10-6-5-9-20(21)25)24-26-19(16-33-24)11-12-22(31)27-23-28(13-14-32-23)15-18-7-3-2-4-8-18/h2-14,16H,15H2,1H3/b12-11+,27-23?. The molecule has 0 aliphatic rings.